The summed E-state index contributed by atoms with van der Waals surface area (Å²) < 4.78 is 1.10. The molecule has 1 heterocycles. The van der Waals surface area contributed by atoms with Crippen molar-refractivity contribution in [3.8, 4) is 0 Å². The van der Waals surface area contributed by atoms with Gasteiger partial charge in [0.1, 0.15) is 0 Å². The molecule has 1 aliphatic carbocycles. The fraction of sp³-hybridized carbons (Fsp3) is 0.704. The number of benzene rings is 1. The molecule has 0 unspecified atom stereocenters. The summed E-state index contributed by atoms with van der Waals surface area (Å²) in [4.78, 5) is 18.0. The van der Waals surface area contributed by atoms with E-state index in [9.17, 15) is 4.79 Å². The number of halogens is 1. The van der Waals surface area contributed by atoms with E-state index < -0.39 is 18.2 Å². The predicted octanol–water partition coefficient (Wildman–Crippen LogP) is 7.58. The normalized spacial score (nSPS) is 22.5. The zero-order valence-electron chi connectivity index (χ0n) is 20.4. The standard InChI is InChI=1S/C27H42N2O.Au.ClH/c1-21(2)24-17-14-18-25(22(3)4)27(24)29-20-28(19-26(29)30)23-15-12-10-8-6-5-7-9-11-13-16-23;;/h14,17-18,21-23H,5-13,15-16,19H2,1-4H3;;1H/q;+1;/p-1. The minimum absolute atomic E-state index is 0.206. The van der Waals surface area contributed by atoms with Gasteiger partial charge in [0.25, 0.3) is 0 Å². The second-order valence-corrected chi connectivity index (χ2v) is 12.5. The average molecular weight is 643 g/mol. The van der Waals surface area contributed by atoms with Gasteiger partial charge in [-0.2, -0.15) is 0 Å². The molecule has 0 radical (unpaired) electrons. The second kappa shape index (κ2) is 12.9. The first-order valence-corrected chi connectivity index (χ1v) is 16.5. The molecule has 32 heavy (non-hydrogen) atoms. The van der Waals surface area contributed by atoms with Gasteiger partial charge in [0.05, 0.1) is 0 Å². The summed E-state index contributed by atoms with van der Waals surface area (Å²) in [7, 11) is 6.70. The fourth-order valence-corrected chi connectivity index (χ4v) is 7.70. The van der Waals surface area contributed by atoms with Crippen LogP contribution in [0.3, 0.4) is 0 Å². The molecule has 3 rings (SSSR count). The van der Waals surface area contributed by atoms with E-state index in [-0.39, 0.29) is 5.91 Å². The summed E-state index contributed by atoms with van der Waals surface area (Å²) in [5.41, 5.74) is 3.63. The molecule has 3 nitrogen and oxygen atoms in total. The van der Waals surface area contributed by atoms with E-state index in [1.165, 1.54) is 81.8 Å². The van der Waals surface area contributed by atoms with Crippen LogP contribution in [0.5, 0.6) is 0 Å². The monoisotopic (exact) mass is 642 g/mol. The van der Waals surface area contributed by atoms with Crippen molar-refractivity contribution in [1.82, 2.24) is 4.90 Å². The molecule has 1 aliphatic heterocycles. The molecule has 0 spiro atoms. The zero-order chi connectivity index (χ0) is 23.1. The quantitative estimate of drug-likeness (QED) is 0.316. The summed E-state index contributed by atoms with van der Waals surface area (Å²) in [6, 6.07) is 6.98. The Labute approximate surface area is 208 Å². The van der Waals surface area contributed by atoms with Crippen LogP contribution in [0.2, 0.25) is 0 Å². The first kappa shape index (κ1) is 26.2. The summed E-state index contributed by atoms with van der Waals surface area (Å²) in [6.07, 6.45) is 14.4. The number of anilines is 1. The molecular formula is C27H42AuClN2O. The van der Waals surface area contributed by atoms with Crippen LogP contribution >= 0.6 is 9.19 Å². The number of hydrogen-bond acceptors (Lipinski definition) is 2. The molecule has 0 N–H and O–H groups in total. The van der Waals surface area contributed by atoms with E-state index in [1.54, 1.807) is 0 Å². The van der Waals surface area contributed by atoms with Gasteiger partial charge in [0.2, 0.25) is 0 Å². The van der Waals surface area contributed by atoms with E-state index >= 15 is 0 Å². The van der Waals surface area contributed by atoms with Crippen molar-refractivity contribution in [1.29, 1.82) is 0 Å². The van der Waals surface area contributed by atoms with Crippen molar-refractivity contribution in [3.63, 3.8) is 0 Å². The molecule has 0 atom stereocenters. The molecule has 1 saturated carbocycles. The summed E-state index contributed by atoms with van der Waals surface area (Å²) in [5.74, 6) is 0.929. The van der Waals surface area contributed by atoms with Crippen LogP contribution in [0.25, 0.3) is 0 Å². The van der Waals surface area contributed by atoms with Crippen molar-refractivity contribution in [3.05, 3.63) is 29.3 Å². The van der Waals surface area contributed by atoms with Gasteiger partial charge >= 0.3 is 210 Å². The third-order valence-corrected chi connectivity index (χ3v) is 9.38. The Kier molecular flexibility index (Phi) is 10.5. The van der Waals surface area contributed by atoms with Gasteiger partial charge < -0.3 is 0 Å². The minimum atomic E-state index is -0.610. The Hall–Kier alpha value is -0.450. The maximum absolute atomic E-state index is 13.5. The van der Waals surface area contributed by atoms with Crippen molar-refractivity contribution in [2.24, 2.45) is 0 Å². The zero-order valence-corrected chi connectivity index (χ0v) is 23.4. The SMILES string of the molecule is CC(C)c1cccc(C(C)C)c1N1C(=O)CN(C2CCCCCCCCCCC2)/[C]1=[Au]\[Cl]. The van der Waals surface area contributed by atoms with Crippen molar-refractivity contribution in [2.75, 3.05) is 11.4 Å². The van der Waals surface area contributed by atoms with Crippen LogP contribution in [0, 0.1) is 0 Å². The number of carbonyl (C=O) groups excluding carboxylic acids is 1. The van der Waals surface area contributed by atoms with Gasteiger partial charge in [0, 0.05) is 0 Å². The number of hydrogen-bond donors (Lipinski definition) is 0. The van der Waals surface area contributed by atoms with E-state index in [0.29, 0.717) is 24.4 Å². The van der Waals surface area contributed by atoms with Crippen LogP contribution in [0.1, 0.15) is 121 Å². The predicted molar refractivity (Wildman–Crippen MR) is 134 cm³/mol. The summed E-state index contributed by atoms with van der Waals surface area (Å²) >= 11 is -0.610. The third kappa shape index (κ3) is 6.36. The Morgan fingerprint density at radius 1 is 0.844 bits per heavy atom. The first-order chi connectivity index (χ1) is 15.5. The molecular weight excluding hydrogens is 601 g/mol. The number of nitrogens with zero attached hydrogens (tertiary/aromatic N) is 2. The molecule has 2 fully saturated rings. The van der Waals surface area contributed by atoms with Gasteiger partial charge in [-0.1, -0.05) is 0 Å². The molecule has 0 bridgehead atoms. The Balaban J connectivity index is 1.92. The summed E-state index contributed by atoms with van der Waals surface area (Å²) in [5, 5.41) is 0. The second-order valence-electron chi connectivity index (χ2n) is 10.2. The third-order valence-electron chi connectivity index (χ3n) is 7.07. The van der Waals surface area contributed by atoms with E-state index in [1.807, 2.05) is 4.90 Å². The maximum atomic E-state index is 13.5. The molecule has 2 aliphatic rings. The Morgan fingerprint density at radius 3 is 1.75 bits per heavy atom. The average Bonchev–Trinajstić information content (AvgIpc) is 3.09. The van der Waals surface area contributed by atoms with Crippen molar-refractivity contribution >= 4 is 24.8 Å². The first-order valence-electron chi connectivity index (χ1n) is 12.7. The van der Waals surface area contributed by atoms with Crippen LogP contribution in [0.15, 0.2) is 18.2 Å². The van der Waals surface area contributed by atoms with Crippen molar-refractivity contribution < 1.29 is 23.0 Å². The molecule has 1 amide bonds. The topological polar surface area (TPSA) is 23.6 Å². The molecule has 1 saturated heterocycles. The van der Waals surface area contributed by atoms with Crippen LogP contribution < -0.4 is 4.90 Å². The van der Waals surface area contributed by atoms with Gasteiger partial charge in [-0.3, -0.25) is 0 Å². The number of rotatable bonds is 4. The van der Waals surface area contributed by atoms with Crippen molar-refractivity contribution in [2.45, 2.75) is 116 Å². The fourth-order valence-electron chi connectivity index (χ4n) is 5.25. The molecule has 5 heteroatoms. The van der Waals surface area contributed by atoms with Crippen LogP contribution in [-0.4, -0.2) is 27.4 Å². The molecule has 184 valence electrons. The molecule has 0 aromatic heterocycles. The Bertz CT molecular complexity index is 754. The summed E-state index contributed by atoms with van der Waals surface area (Å²) in [6.45, 7) is 9.39. The Morgan fingerprint density at radius 2 is 1.31 bits per heavy atom. The van der Waals surface area contributed by atoms with Crippen LogP contribution in [0.4, 0.5) is 5.69 Å². The molecule has 1 aromatic rings. The van der Waals surface area contributed by atoms with Gasteiger partial charge in [-0.05, 0) is 0 Å². The molecule has 1 aromatic carbocycles. The number of amides is 1. The van der Waals surface area contributed by atoms with Gasteiger partial charge in [0.15, 0.2) is 0 Å². The van der Waals surface area contributed by atoms with Crippen LogP contribution in [-0.2, 0) is 23.0 Å². The van der Waals surface area contributed by atoms with E-state index in [0.717, 1.165) is 9.66 Å². The number of para-hydroxylation sites is 1. The number of carbonyl (C=O) groups is 1. The van der Waals surface area contributed by atoms with E-state index in [2.05, 4.69) is 50.8 Å². The van der Waals surface area contributed by atoms with Gasteiger partial charge in [-0.15, -0.1) is 0 Å². The van der Waals surface area contributed by atoms with E-state index in [4.69, 9.17) is 9.19 Å². The van der Waals surface area contributed by atoms with Gasteiger partial charge in [-0.25, -0.2) is 0 Å².